The molecular formula is C22H20N2O2S. The van der Waals surface area contributed by atoms with Gasteiger partial charge in [0.2, 0.25) is 0 Å². The minimum absolute atomic E-state index is 0.265. The molecule has 0 amide bonds. The molecule has 27 heavy (non-hydrogen) atoms. The third-order valence-electron chi connectivity index (χ3n) is 4.76. The topological polar surface area (TPSA) is 52.0 Å². The molecular weight excluding hydrogens is 356 g/mol. The molecule has 0 aliphatic heterocycles. The van der Waals surface area contributed by atoms with Crippen molar-refractivity contribution < 1.29 is 8.42 Å². The van der Waals surface area contributed by atoms with Gasteiger partial charge >= 0.3 is 0 Å². The summed E-state index contributed by atoms with van der Waals surface area (Å²) in [6.45, 7) is 3.95. The van der Waals surface area contributed by atoms with Crippen LogP contribution in [-0.2, 0) is 16.4 Å². The molecule has 0 saturated heterocycles. The summed E-state index contributed by atoms with van der Waals surface area (Å²) >= 11 is 0. The third kappa shape index (κ3) is 3.04. The number of nitrogens with zero attached hydrogens (tertiary/aromatic N) is 2. The van der Waals surface area contributed by atoms with E-state index in [9.17, 15) is 8.42 Å². The molecule has 0 radical (unpaired) electrons. The molecule has 2 aromatic heterocycles. The molecule has 0 saturated carbocycles. The summed E-state index contributed by atoms with van der Waals surface area (Å²) in [4.78, 5) is 4.78. The first-order valence-corrected chi connectivity index (χ1v) is 10.3. The summed E-state index contributed by atoms with van der Waals surface area (Å²) in [7, 11) is -3.69. The maximum absolute atomic E-state index is 13.2. The standard InChI is InChI=1S/C22H20N2O2S/c1-3-17-15-24(27(25,26)20-11-9-16(2)10-12-20)22-21(17)13-19(14-23-22)18-7-5-4-6-8-18/h4-15H,3H2,1-2H3. The van der Waals surface area contributed by atoms with Gasteiger partial charge in [-0.3, -0.25) is 0 Å². The number of pyridine rings is 1. The van der Waals surface area contributed by atoms with E-state index in [-0.39, 0.29) is 4.90 Å². The number of hydrogen-bond acceptors (Lipinski definition) is 3. The van der Waals surface area contributed by atoms with Crippen LogP contribution in [0, 0.1) is 6.92 Å². The summed E-state index contributed by atoms with van der Waals surface area (Å²) in [5.41, 5.74) is 4.48. The Morgan fingerprint density at radius 3 is 2.33 bits per heavy atom. The molecule has 5 heteroatoms. The molecule has 136 valence electrons. The lowest BCUT2D eigenvalue weighted by Gasteiger charge is -2.08. The van der Waals surface area contributed by atoms with E-state index in [0.29, 0.717) is 5.65 Å². The van der Waals surface area contributed by atoms with Crippen molar-refractivity contribution in [2.45, 2.75) is 25.2 Å². The summed E-state index contributed by atoms with van der Waals surface area (Å²) < 4.78 is 27.6. The van der Waals surface area contributed by atoms with Gasteiger partial charge in [0.25, 0.3) is 10.0 Å². The Balaban J connectivity index is 1.91. The number of fused-ring (bicyclic) bond motifs is 1. The Kier molecular flexibility index (Phi) is 4.32. The Bertz CT molecular complexity index is 1210. The molecule has 0 N–H and O–H groups in total. The zero-order chi connectivity index (χ0) is 19.0. The minimum Gasteiger partial charge on any atom is -0.237 e. The predicted octanol–water partition coefficient (Wildman–Crippen LogP) is 4.81. The minimum atomic E-state index is -3.69. The summed E-state index contributed by atoms with van der Waals surface area (Å²) in [5, 5.41) is 0.870. The van der Waals surface area contributed by atoms with Gasteiger partial charge in [0.05, 0.1) is 4.90 Å². The molecule has 0 atom stereocenters. The third-order valence-corrected chi connectivity index (χ3v) is 6.42. The predicted molar refractivity (Wildman–Crippen MR) is 108 cm³/mol. The number of aromatic nitrogens is 2. The molecule has 4 nitrogen and oxygen atoms in total. The van der Waals surface area contributed by atoms with Gasteiger partial charge in [0, 0.05) is 23.3 Å². The second kappa shape index (κ2) is 6.67. The Hall–Kier alpha value is -2.92. The average molecular weight is 376 g/mol. The van der Waals surface area contributed by atoms with Crippen molar-refractivity contribution in [2.75, 3.05) is 0 Å². The van der Waals surface area contributed by atoms with Gasteiger partial charge in [-0.25, -0.2) is 17.4 Å². The largest absolute Gasteiger partial charge is 0.269 e. The highest BCUT2D eigenvalue weighted by Crippen LogP contribution is 2.29. The average Bonchev–Trinajstić information content (AvgIpc) is 3.08. The maximum Gasteiger partial charge on any atom is 0.269 e. The lowest BCUT2D eigenvalue weighted by atomic mass is 10.1. The van der Waals surface area contributed by atoms with Crippen LogP contribution in [0.25, 0.3) is 22.2 Å². The molecule has 0 aliphatic rings. The van der Waals surface area contributed by atoms with E-state index in [4.69, 9.17) is 0 Å². The summed E-state index contributed by atoms with van der Waals surface area (Å²) in [6.07, 6.45) is 4.16. The van der Waals surface area contributed by atoms with Crippen molar-refractivity contribution in [1.82, 2.24) is 8.96 Å². The molecule has 0 fully saturated rings. The van der Waals surface area contributed by atoms with Crippen LogP contribution in [0.3, 0.4) is 0 Å². The first kappa shape index (κ1) is 17.5. The molecule has 0 bridgehead atoms. The molecule has 2 heterocycles. The zero-order valence-electron chi connectivity index (χ0n) is 15.3. The van der Waals surface area contributed by atoms with Gasteiger partial charge in [-0.1, -0.05) is 55.0 Å². The van der Waals surface area contributed by atoms with Crippen LogP contribution in [-0.4, -0.2) is 17.4 Å². The Labute approximate surface area is 159 Å². The maximum atomic E-state index is 13.2. The molecule has 0 spiro atoms. The molecule has 0 unspecified atom stereocenters. The molecule has 0 aliphatic carbocycles. The number of benzene rings is 2. The first-order chi connectivity index (χ1) is 13.0. The SMILES string of the molecule is CCc1cn(S(=O)(=O)c2ccc(C)cc2)c2ncc(-c3ccccc3)cc12. The number of rotatable bonds is 4. The van der Waals surface area contributed by atoms with Gasteiger partial charge in [0.1, 0.15) is 0 Å². The van der Waals surface area contributed by atoms with Gasteiger partial charge < -0.3 is 0 Å². The van der Waals surface area contributed by atoms with Crippen LogP contribution in [0.5, 0.6) is 0 Å². The van der Waals surface area contributed by atoms with Gasteiger partial charge in [-0.05, 0) is 42.7 Å². The molecule has 4 rings (SSSR count). The zero-order valence-corrected chi connectivity index (χ0v) is 16.1. The van der Waals surface area contributed by atoms with Crippen LogP contribution in [0.2, 0.25) is 0 Å². The fourth-order valence-electron chi connectivity index (χ4n) is 3.22. The van der Waals surface area contributed by atoms with Crippen molar-refractivity contribution >= 4 is 21.1 Å². The highest BCUT2D eigenvalue weighted by Gasteiger charge is 2.22. The van der Waals surface area contributed by atoms with Crippen molar-refractivity contribution in [3.05, 3.63) is 84.2 Å². The normalized spacial score (nSPS) is 11.8. The van der Waals surface area contributed by atoms with Crippen molar-refractivity contribution in [2.24, 2.45) is 0 Å². The smallest absolute Gasteiger partial charge is 0.237 e. The number of aryl methyl sites for hydroxylation is 2. The van der Waals surface area contributed by atoms with Crippen LogP contribution in [0.4, 0.5) is 0 Å². The van der Waals surface area contributed by atoms with E-state index in [0.717, 1.165) is 34.1 Å². The van der Waals surface area contributed by atoms with E-state index in [1.54, 1.807) is 36.7 Å². The van der Waals surface area contributed by atoms with Crippen LogP contribution < -0.4 is 0 Å². The van der Waals surface area contributed by atoms with Gasteiger partial charge in [-0.15, -0.1) is 0 Å². The number of hydrogen-bond donors (Lipinski definition) is 0. The summed E-state index contributed by atoms with van der Waals surface area (Å²) in [6, 6.07) is 18.9. The van der Waals surface area contributed by atoms with Crippen LogP contribution in [0.15, 0.2) is 78.0 Å². The Morgan fingerprint density at radius 2 is 1.67 bits per heavy atom. The van der Waals surface area contributed by atoms with E-state index >= 15 is 0 Å². The lowest BCUT2D eigenvalue weighted by Crippen LogP contribution is -2.12. The van der Waals surface area contributed by atoms with Crippen molar-refractivity contribution in [3.63, 3.8) is 0 Å². The second-order valence-electron chi connectivity index (χ2n) is 6.58. The fourth-order valence-corrected chi connectivity index (χ4v) is 4.57. The summed E-state index contributed by atoms with van der Waals surface area (Å²) in [5.74, 6) is 0. The van der Waals surface area contributed by atoms with Gasteiger partial charge in [-0.2, -0.15) is 0 Å². The highest BCUT2D eigenvalue weighted by atomic mass is 32.2. The van der Waals surface area contributed by atoms with E-state index < -0.39 is 10.0 Å². The highest BCUT2D eigenvalue weighted by molar-refractivity contribution is 7.90. The van der Waals surface area contributed by atoms with Gasteiger partial charge in [0.15, 0.2) is 5.65 Å². The van der Waals surface area contributed by atoms with Crippen LogP contribution >= 0.6 is 0 Å². The second-order valence-corrected chi connectivity index (χ2v) is 8.40. The lowest BCUT2D eigenvalue weighted by molar-refractivity contribution is 0.588. The van der Waals surface area contributed by atoms with E-state index in [1.807, 2.05) is 50.2 Å². The van der Waals surface area contributed by atoms with Crippen molar-refractivity contribution in [1.29, 1.82) is 0 Å². The van der Waals surface area contributed by atoms with Crippen LogP contribution in [0.1, 0.15) is 18.1 Å². The first-order valence-electron chi connectivity index (χ1n) is 8.88. The van der Waals surface area contributed by atoms with Crippen molar-refractivity contribution in [3.8, 4) is 11.1 Å². The quantitative estimate of drug-likeness (QED) is 0.513. The van der Waals surface area contributed by atoms with E-state index in [2.05, 4.69) is 4.98 Å². The Morgan fingerprint density at radius 1 is 0.963 bits per heavy atom. The van der Waals surface area contributed by atoms with E-state index in [1.165, 1.54) is 3.97 Å². The molecule has 2 aromatic carbocycles. The fraction of sp³-hybridized carbons (Fsp3) is 0.136. The monoisotopic (exact) mass is 376 g/mol. The molecule has 4 aromatic rings.